The van der Waals surface area contributed by atoms with E-state index in [1.54, 1.807) is 11.1 Å². The predicted octanol–water partition coefficient (Wildman–Crippen LogP) is 4.01. The zero-order valence-corrected chi connectivity index (χ0v) is 8.42. The predicted molar refractivity (Wildman–Crippen MR) is 57.6 cm³/mol. The minimum absolute atomic E-state index is 0.906. The maximum absolute atomic E-state index is 2.46. The largest absolute Gasteiger partial charge is 0.0842 e. The van der Waals surface area contributed by atoms with Crippen molar-refractivity contribution in [3.05, 3.63) is 35.5 Å². The summed E-state index contributed by atoms with van der Waals surface area (Å²) in [6, 6.07) is 0. The second kappa shape index (κ2) is 3.95. The van der Waals surface area contributed by atoms with Crippen LogP contribution in [0.4, 0.5) is 0 Å². The molecule has 0 spiro atoms. The highest BCUT2D eigenvalue weighted by atomic mass is 14.2. The molecule has 0 N–H and O–H groups in total. The van der Waals surface area contributed by atoms with E-state index in [4.69, 9.17) is 0 Å². The molecule has 0 bridgehead atoms. The lowest BCUT2D eigenvalue weighted by Crippen LogP contribution is -2.04. The first kappa shape index (κ1) is 8.80. The lowest BCUT2D eigenvalue weighted by atomic mass is 9.85. The van der Waals surface area contributed by atoms with Crippen molar-refractivity contribution in [2.45, 2.75) is 39.0 Å². The Bertz CT molecular complexity index is 266. The fourth-order valence-electron chi connectivity index (χ4n) is 2.13. The number of hydrogen-bond acceptors (Lipinski definition) is 0. The lowest BCUT2D eigenvalue weighted by Gasteiger charge is -2.21. The summed E-state index contributed by atoms with van der Waals surface area (Å²) in [6.45, 7) is 2.35. The molecule has 0 heteroatoms. The van der Waals surface area contributed by atoms with Gasteiger partial charge in [-0.15, -0.1) is 0 Å². The quantitative estimate of drug-likeness (QED) is 0.563. The van der Waals surface area contributed by atoms with Crippen LogP contribution < -0.4 is 0 Å². The van der Waals surface area contributed by atoms with Crippen molar-refractivity contribution >= 4 is 0 Å². The van der Waals surface area contributed by atoms with Gasteiger partial charge in [-0.25, -0.2) is 0 Å². The van der Waals surface area contributed by atoms with Crippen LogP contribution in [0.15, 0.2) is 35.5 Å². The summed E-state index contributed by atoms with van der Waals surface area (Å²) in [7, 11) is 0. The van der Waals surface area contributed by atoms with Crippen molar-refractivity contribution in [3.63, 3.8) is 0 Å². The minimum Gasteiger partial charge on any atom is -0.0842 e. The van der Waals surface area contributed by atoms with Gasteiger partial charge in [0.25, 0.3) is 0 Å². The van der Waals surface area contributed by atoms with Crippen molar-refractivity contribution in [2.24, 2.45) is 5.92 Å². The van der Waals surface area contributed by atoms with E-state index in [1.165, 1.54) is 32.1 Å². The Morgan fingerprint density at radius 2 is 2.15 bits per heavy atom. The molecule has 0 aromatic rings. The van der Waals surface area contributed by atoms with E-state index in [0.717, 1.165) is 5.92 Å². The molecule has 0 aliphatic heterocycles. The smallest absolute Gasteiger partial charge is 0.0241 e. The van der Waals surface area contributed by atoms with Crippen LogP contribution in [0.3, 0.4) is 0 Å². The Morgan fingerprint density at radius 1 is 1.23 bits per heavy atom. The molecule has 0 radical (unpaired) electrons. The molecular weight excluding hydrogens is 156 g/mol. The zero-order valence-electron chi connectivity index (χ0n) is 8.42. The topological polar surface area (TPSA) is 0 Å². The van der Waals surface area contributed by atoms with E-state index in [9.17, 15) is 0 Å². The fraction of sp³-hybridized carbons (Fsp3) is 0.538. The van der Waals surface area contributed by atoms with Gasteiger partial charge in [0.2, 0.25) is 0 Å². The molecule has 13 heavy (non-hydrogen) atoms. The molecule has 0 fully saturated rings. The minimum atomic E-state index is 0.906. The van der Waals surface area contributed by atoms with Crippen molar-refractivity contribution in [2.75, 3.05) is 0 Å². The van der Waals surface area contributed by atoms with Crippen LogP contribution in [0.2, 0.25) is 0 Å². The van der Waals surface area contributed by atoms with Crippen molar-refractivity contribution < 1.29 is 0 Å². The van der Waals surface area contributed by atoms with Gasteiger partial charge in [0.1, 0.15) is 0 Å². The van der Waals surface area contributed by atoms with Crippen molar-refractivity contribution in [1.29, 1.82) is 0 Å². The highest BCUT2D eigenvalue weighted by Crippen LogP contribution is 2.30. The molecule has 0 heterocycles. The van der Waals surface area contributed by atoms with Gasteiger partial charge in [-0.3, -0.25) is 0 Å². The molecule has 0 nitrogen and oxygen atoms in total. The molecule has 1 atom stereocenters. The summed E-state index contributed by atoms with van der Waals surface area (Å²) in [5.41, 5.74) is 3.22. The second-order valence-corrected chi connectivity index (χ2v) is 4.27. The average Bonchev–Trinajstić information content (AvgIpc) is 2.20. The summed E-state index contributed by atoms with van der Waals surface area (Å²) < 4.78 is 0. The fourth-order valence-corrected chi connectivity index (χ4v) is 2.13. The van der Waals surface area contributed by atoms with Crippen LogP contribution in [0, 0.1) is 5.92 Å². The molecule has 0 aromatic heterocycles. The Labute approximate surface area is 81.0 Å². The van der Waals surface area contributed by atoms with Crippen molar-refractivity contribution in [3.8, 4) is 0 Å². The Balaban J connectivity index is 2.08. The standard InChI is InChI=1S/C13H18/c1-11-7-9-13(10-8-11)12-5-3-2-4-6-12/h2-3,5,9,11H,4,6-8,10H2,1H3. The van der Waals surface area contributed by atoms with Crippen LogP contribution >= 0.6 is 0 Å². The Kier molecular flexibility index (Phi) is 2.68. The van der Waals surface area contributed by atoms with Crippen LogP contribution in [0.25, 0.3) is 0 Å². The molecule has 0 aromatic carbocycles. The van der Waals surface area contributed by atoms with E-state index in [-0.39, 0.29) is 0 Å². The summed E-state index contributed by atoms with van der Waals surface area (Å²) >= 11 is 0. The van der Waals surface area contributed by atoms with Gasteiger partial charge in [-0.1, -0.05) is 31.2 Å². The van der Waals surface area contributed by atoms with Crippen LogP contribution in [0.1, 0.15) is 39.0 Å². The summed E-state index contributed by atoms with van der Waals surface area (Å²) in [6.07, 6.45) is 15.7. The van der Waals surface area contributed by atoms with Gasteiger partial charge in [-0.05, 0) is 49.2 Å². The van der Waals surface area contributed by atoms with E-state index >= 15 is 0 Å². The van der Waals surface area contributed by atoms with Gasteiger partial charge in [0.05, 0.1) is 0 Å². The molecular formula is C13H18. The molecule has 0 saturated carbocycles. The lowest BCUT2D eigenvalue weighted by molar-refractivity contribution is 0.515. The molecule has 2 aliphatic rings. The van der Waals surface area contributed by atoms with E-state index < -0.39 is 0 Å². The van der Waals surface area contributed by atoms with Crippen LogP contribution in [-0.2, 0) is 0 Å². The monoisotopic (exact) mass is 174 g/mol. The maximum atomic E-state index is 2.46. The summed E-state index contributed by atoms with van der Waals surface area (Å²) in [5, 5.41) is 0. The molecule has 70 valence electrons. The number of rotatable bonds is 1. The third-order valence-electron chi connectivity index (χ3n) is 3.10. The Hall–Kier alpha value is -0.780. The molecule has 2 aliphatic carbocycles. The first-order valence-electron chi connectivity index (χ1n) is 5.41. The molecule has 0 saturated heterocycles. The van der Waals surface area contributed by atoms with Gasteiger partial charge in [-0.2, -0.15) is 0 Å². The average molecular weight is 174 g/mol. The van der Waals surface area contributed by atoms with Gasteiger partial charge >= 0.3 is 0 Å². The first-order chi connectivity index (χ1) is 6.36. The third-order valence-corrected chi connectivity index (χ3v) is 3.10. The first-order valence-corrected chi connectivity index (χ1v) is 5.41. The van der Waals surface area contributed by atoms with Gasteiger partial charge in [0, 0.05) is 0 Å². The highest BCUT2D eigenvalue weighted by Gasteiger charge is 2.13. The summed E-state index contributed by atoms with van der Waals surface area (Å²) in [5.74, 6) is 0.906. The van der Waals surface area contributed by atoms with Crippen LogP contribution in [0.5, 0.6) is 0 Å². The number of allylic oxidation sites excluding steroid dienone is 6. The van der Waals surface area contributed by atoms with Gasteiger partial charge < -0.3 is 0 Å². The molecule has 0 amide bonds. The maximum Gasteiger partial charge on any atom is -0.0241 e. The van der Waals surface area contributed by atoms with E-state index in [0.29, 0.717) is 0 Å². The van der Waals surface area contributed by atoms with Gasteiger partial charge in [0.15, 0.2) is 0 Å². The Morgan fingerprint density at radius 3 is 2.77 bits per heavy atom. The zero-order chi connectivity index (χ0) is 9.10. The van der Waals surface area contributed by atoms with E-state index in [1.807, 2.05) is 0 Å². The molecule has 1 unspecified atom stereocenters. The van der Waals surface area contributed by atoms with Crippen molar-refractivity contribution in [1.82, 2.24) is 0 Å². The second-order valence-electron chi connectivity index (χ2n) is 4.27. The van der Waals surface area contributed by atoms with E-state index in [2.05, 4.69) is 31.2 Å². The molecule has 2 rings (SSSR count). The SMILES string of the molecule is CC1CC=C(C2=CC=CCC2)CC1. The highest BCUT2D eigenvalue weighted by molar-refractivity contribution is 5.36. The summed E-state index contributed by atoms with van der Waals surface area (Å²) in [4.78, 5) is 0. The third kappa shape index (κ3) is 2.12. The number of hydrogen-bond donors (Lipinski definition) is 0. The normalized spacial score (nSPS) is 28.2. The van der Waals surface area contributed by atoms with Crippen LogP contribution in [-0.4, -0.2) is 0 Å².